The molecule has 0 radical (unpaired) electrons. The smallest absolute Gasteiger partial charge is 0.238 e. The molecular formula is C24H25FN6O. The van der Waals surface area contributed by atoms with E-state index in [-0.39, 0.29) is 11.9 Å². The second kappa shape index (κ2) is 8.74. The van der Waals surface area contributed by atoms with Crippen LogP contribution in [0.4, 0.5) is 10.2 Å². The Labute approximate surface area is 186 Å². The monoisotopic (exact) mass is 432 g/mol. The largest absolute Gasteiger partial charge is 0.479 e. The minimum absolute atomic E-state index is 0.239. The van der Waals surface area contributed by atoms with Gasteiger partial charge in [-0.15, -0.1) is 10.2 Å². The zero-order valence-corrected chi connectivity index (χ0v) is 18.7. The molecule has 3 heterocycles. The average molecular weight is 433 g/mol. The number of aryl methyl sites for hydroxylation is 3. The zero-order chi connectivity index (χ0) is 22.8. The van der Waals surface area contributed by atoms with Crippen LogP contribution >= 0.6 is 0 Å². The van der Waals surface area contributed by atoms with E-state index < -0.39 is 0 Å². The Morgan fingerprint density at radius 3 is 2.50 bits per heavy atom. The molecule has 164 valence electrons. The third-order valence-corrected chi connectivity index (χ3v) is 5.25. The molecule has 0 aliphatic rings. The Balaban J connectivity index is 1.59. The van der Waals surface area contributed by atoms with Gasteiger partial charge in [0.1, 0.15) is 17.2 Å². The predicted molar refractivity (Wildman–Crippen MR) is 122 cm³/mol. The Morgan fingerprint density at radius 1 is 1.03 bits per heavy atom. The molecule has 0 spiro atoms. The Morgan fingerprint density at radius 2 is 1.84 bits per heavy atom. The van der Waals surface area contributed by atoms with Crippen molar-refractivity contribution in [2.24, 2.45) is 0 Å². The number of rotatable bonds is 6. The molecule has 0 saturated carbocycles. The highest BCUT2D eigenvalue weighted by Crippen LogP contribution is 2.28. The number of ether oxygens (including phenoxy) is 1. The van der Waals surface area contributed by atoms with Crippen molar-refractivity contribution in [3.63, 3.8) is 0 Å². The number of methoxy groups -OCH3 is 1. The van der Waals surface area contributed by atoms with E-state index in [1.165, 1.54) is 6.07 Å². The average Bonchev–Trinajstić information content (AvgIpc) is 3.20. The third kappa shape index (κ3) is 4.30. The second-order valence-corrected chi connectivity index (χ2v) is 7.80. The number of pyridine rings is 1. The lowest BCUT2D eigenvalue weighted by Crippen LogP contribution is -2.12. The summed E-state index contributed by atoms with van der Waals surface area (Å²) < 4.78 is 21.7. The minimum Gasteiger partial charge on any atom is -0.479 e. The maximum absolute atomic E-state index is 14.3. The Kier molecular flexibility index (Phi) is 5.85. The zero-order valence-electron chi connectivity index (χ0n) is 18.7. The van der Waals surface area contributed by atoms with Crippen LogP contribution in [0.2, 0.25) is 0 Å². The molecule has 1 N–H and O–H groups in total. The highest BCUT2D eigenvalue weighted by Gasteiger charge is 2.15. The van der Waals surface area contributed by atoms with E-state index in [2.05, 4.69) is 25.5 Å². The number of hydrogen-bond donors (Lipinski definition) is 1. The van der Waals surface area contributed by atoms with Gasteiger partial charge in [0, 0.05) is 11.8 Å². The maximum atomic E-state index is 14.3. The van der Waals surface area contributed by atoms with Crippen molar-refractivity contribution in [3.8, 4) is 23.0 Å². The fourth-order valence-corrected chi connectivity index (χ4v) is 3.49. The number of anilines is 1. The topological polar surface area (TPSA) is 77.8 Å². The first-order chi connectivity index (χ1) is 15.4. The molecule has 0 aliphatic carbocycles. The van der Waals surface area contributed by atoms with Gasteiger partial charge < -0.3 is 14.6 Å². The van der Waals surface area contributed by atoms with Crippen molar-refractivity contribution in [2.45, 2.75) is 33.7 Å². The summed E-state index contributed by atoms with van der Waals surface area (Å²) in [5, 5.41) is 11.9. The lowest BCUT2D eigenvalue weighted by molar-refractivity contribution is 0.396. The quantitative estimate of drug-likeness (QED) is 0.463. The summed E-state index contributed by atoms with van der Waals surface area (Å²) in [5.41, 5.74) is 5.29. The summed E-state index contributed by atoms with van der Waals surface area (Å²) in [5.74, 6) is 0.820. The number of halogens is 1. The van der Waals surface area contributed by atoms with Gasteiger partial charge in [-0.05, 0) is 63.1 Å². The normalized spacial score (nSPS) is 11.9. The summed E-state index contributed by atoms with van der Waals surface area (Å²) in [6.45, 7) is 7.61. The van der Waals surface area contributed by atoms with Crippen LogP contribution in [-0.4, -0.2) is 31.8 Å². The van der Waals surface area contributed by atoms with Gasteiger partial charge in [-0.25, -0.2) is 14.4 Å². The van der Waals surface area contributed by atoms with Crippen LogP contribution in [0.15, 0.2) is 48.9 Å². The van der Waals surface area contributed by atoms with Gasteiger partial charge in [0.25, 0.3) is 0 Å². The van der Waals surface area contributed by atoms with E-state index in [0.29, 0.717) is 28.6 Å². The first-order valence-corrected chi connectivity index (χ1v) is 10.3. The number of hydrogen-bond acceptors (Lipinski definition) is 6. The van der Waals surface area contributed by atoms with Crippen LogP contribution in [0, 0.1) is 26.6 Å². The van der Waals surface area contributed by atoms with E-state index in [1.807, 2.05) is 62.7 Å². The highest BCUT2D eigenvalue weighted by molar-refractivity contribution is 5.61. The fourth-order valence-electron chi connectivity index (χ4n) is 3.49. The van der Waals surface area contributed by atoms with Crippen molar-refractivity contribution in [1.82, 2.24) is 24.7 Å². The summed E-state index contributed by atoms with van der Waals surface area (Å²) in [6.07, 6.45) is 3.62. The molecule has 0 saturated heterocycles. The van der Waals surface area contributed by atoms with Gasteiger partial charge in [0.05, 0.1) is 30.9 Å². The van der Waals surface area contributed by atoms with Crippen LogP contribution in [-0.2, 0) is 0 Å². The van der Waals surface area contributed by atoms with Gasteiger partial charge in [0.15, 0.2) is 5.82 Å². The molecule has 0 unspecified atom stereocenters. The third-order valence-electron chi connectivity index (χ3n) is 5.25. The molecule has 32 heavy (non-hydrogen) atoms. The Hall–Kier alpha value is -3.81. The van der Waals surface area contributed by atoms with Crippen molar-refractivity contribution < 1.29 is 9.13 Å². The summed E-state index contributed by atoms with van der Waals surface area (Å²) in [6, 6.07) is 10.6. The van der Waals surface area contributed by atoms with E-state index >= 15 is 0 Å². The maximum Gasteiger partial charge on any atom is 0.238 e. The van der Waals surface area contributed by atoms with E-state index in [4.69, 9.17) is 4.74 Å². The van der Waals surface area contributed by atoms with Crippen molar-refractivity contribution in [1.29, 1.82) is 0 Å². The highest BCUT2D eigenvalue weighted by atomic mass is 19.1. The van der Waals surface area contributed by atoms with Crippen molar-refractivity contribution >= 4 is 5.82 Å². The van der Waals surface area contributed by atoms with E-state index in [1.54, 1.807) is 19.5 Å². The predicted octanol–water partition coefficient (Wildman–Crippen LogP) is 4.97. The molecule has 4 aromatic rings. The lowest BCUT2D eigenvalue weighted by Gasteiger charge is -2.17. The van der Waals surface area contributed by atoms with Gasteiger partial charge >= 0.3 is 0 Å². The summed E-state index contributed by atoms with van der Waals surface area (Å²) in [4.78, 5) is 8.86. The van der Waals surface area contributed by atoms with Crippen LogP contribution < -0.4 is 10.1 Å². The summed E-state index contributed by atoms with van der Waals surface area (Å²) >= 11 is 0. The number of nitrogens with zero attached hydrogens (tertiary/aromatic N) is 5. The molecule has 0 amide bonds. The second-order valence-electron chi connectivity index (χ2n) is 7.80. The number of imidazole rings is 1. The Bertz CT molecular complexity index is 1270. The van der Waals surface area contributed by atoms with Gasteiger partial charge in [-0.1, -0.05) is 12.1 Å². The van der Waals surface area contributed by atoms with Gasteiger partial charge in [0.2, 0.25) is 5.88 Å². The van der Waals surface area contributed by atoms with Crippen LogP contribution in [0.3, 0.4) is 0 Å². The van der Waals surface area contributed by atoms with Gasteiger partial charge in [-0.3, -0.25) is 0 Å². The molecule has 3 aromatic heterocycles. The molecule has 0 bridgehead atoms. The van der Waals surface area contributed by atoms with Crippen LogP contribution in [0.25, 0.3) is 17.1 Å². The van der Waals surface area contributed by atoms with Crippen molar-refractivity contribution in [2.75, 3.05) is 12.4 Å². The van der Waals surface area contributed by atoms with Crippen molar-refractivity contribution in [3.05, 3.63) is 77.1 Å². The van der Waals surface area contributed by atoms with Gasteiger partial charge in [-0.2, -0.15) is 0 Å². The van der Waals surface area contributed by atoms with Crippen LogP contribution in [0.1, 0.15) is 35.3 Å². The molecule has 0 aliphatic heterocycles. The molecule has 1 aromatic carbocycles. The van der Waals surface area contributed by atoms with E-state index in [0.717, 1.165) is 22.5 Å². The molecule has 4 rings (SSSR count). The SMILES string of the molecule is COc1nc(-c2cc(C)c(N[C@@H](C)c3ccc(C)cc3F)nn2)ccc1-n1cnc(C)c1. The summed E-state index contributed by atoms with van der Waals surface area (Å²) in [7, 11) is 1.58. The standard InChI is InChI=1S/C24H25FN6O/c1-14-6-7-18(19(25)10-14)17(4)27-23-15(2)11-21(29-30-23)20-8-9-22(24(28-20)32-5)31-12-16(3)26-13-31/h6-13,17H,1-5H3,(H,27,30)/t17-/m0/s1. The van der Waals surface area contributed by atoms with E-state index in [9.17, 15) is 4.39 Å². The molecule has 1 atom stereocenters. The number of nitrogens with one attached hydrogen (secondary N) is 1. The first-order valence-electron chi connectivity index (χ1n) is 10.3. The molecular weight excluding hydrogens is 407 g/mol. The van der Waals surface area contributed by atoms with Crippen LogP contribution in [0.5, 0.6) is 5.88 Å². The lowest BCUT2D eigenvalue weighted by atomic mass is 10.1. The fraction of sp³-hybridized carbons (Fsp3) is 0.250. The number of aromatic nitrogens is 5. The molecule has 8 heteroatoms. The minimum atomic E-state index is -0.259. The first kappa shape index (κ1) is 21.4. The molecule has 0 fully saturated rings. The molecule has 7 nitrogen and oxygen atoms in total. The number of benzene rings is 1.